The molecular weight excluding hydrogens is 412 g/mol. The first-order chi connectivity index (χ1) is 12.4. The van der Waals surface area contributed by atoms with Gasteiger partial charge in [-0.15, -0.1) is 0 Å². The zero-order chi connectivity index (χ0) is 18.7. The maximum atomic E-state index is 12.7. The average molecular weight is 431 g/mol. The van der Waals surface area contributed by atoms with Crippen molar-refractivity contribution < 1.29 is 13.5 Å². The Kier molecular flexibility index (Phi) is 5.49. The first-order valence-electron chi connectivity index (χ1n) is 8.29. The monoisotopic (exact) mass is 430 g/mol. The number of phenols is 1. The summed E-state index contributed by atoms with van der Waals surface area (Å²) in [6.45, 7) is 1.92. The van der Waals surface area contributed by atoms with Crippen molar-refractivity contribution in [2.75, 3.05) is 0 Å². The first kappa shape index (κ1) is 18.7. The van der Waals surface area contributed by atoms with Gasteiger partial charge < -0.3 is 5.11 Å². The molecule has 1 N–H and O–H groups in total. The van der Waals surface area contributed by atoms with Crippen LogP contribution in [-0.4, -0.2) is 13.5 Å². The molecule has 134 valence electrons. The molecule has 3 nitrogen and oxygen atoms in total. The van der Waals surface area contributed by atoms with E-state index in [1.807, 2.05) is 31.2 Å². The Labute approximate surface area is 162 Å². The number of aryl methyl sites for hydroxylation is 1. The molecule has 0 aliphatic heterocycles. The molecule has 26 heavy (non-hydrogen) atoms. The number of aromatic hydroxyl groups is 1. The van der Waals surface area contributed by atoms with Crippen LogP contribution in [0, 0.1) is 0 Å². The van der Waals surface area contributed by atoms with Gasteiger partial charge in [-0.05, 0) is 47.4 Å². The van der Waals surface area contributed by atoms with Crippen LogP contribution in [0.2, 0.25) is 0 Å². The minimum atomic E-state index is -3.53. The van der Waals surface area contributed by atoms with Gasteiger partial charge in [0, 0.05) is 10.0 Å². The van der Waals surface area contributed by atoms with Crippen molar-refractivity contribution in [3.63, 3.8) is 0 Å². The van der Waals surface area contributed by atoms with Gasteiger partial charge in [0.15, 0.2) is 9.84 Å². The topological polar surface area (TPSA) is 54.4 Å². The normalized spacial score (nSPS) is 11.5. The van der Waals surface area contributed by atoms with E-state index in [0.29, 0.717) is 12.0 Å². The Morgan fingerprint density at radius 1 is 0.846 bits per heavy atom. The molecule has 0 aromatic heterocycles. The molecule has 0 saturated heterocycles. The highest BCUT2D eigenvalue weighted by Gasteiger charge is 2.18. The minimum Gasteiger partial charge on any atom is -0.507 e. The van der Waals surface area contributed by atoms with E-state index in [4.69, 9.17) is 0 Å². The van der Waals surface area contributed by atoms with Crippen LogP contribution in [0.15, 0.2) is 76.1 Å². The van der Waals surface area contributed by atoms with Crippen LogP contribution in [0.4, 0.5) is 0 Å². The van der Waals surface area contributed by atoms with E-state index in [-0.39, 0.29) is 16.4 Å². The van der Waals surface area contributed by atoms with Crippen LogP contribution in [0.3, 0.4) is 0 Å². The van der Waals surface area contributed by atoms with Crippen LogP contribution in [0.1, 0.15) is 18.1 Å². The fraction of sp³-hybridized carbons (Fsp3) is 0.143. The Morgan fingerprint density at radius 3 is 1.96 bits per heavy atom. The summed E-state index contributed by atoms with van der Waals surface area (Å²) < 4.78 is 26.5. The highest BCUT2D eigenvalue weighted by Crippen LogP contribution is 2.28. The van der Waals surface area contributed by atoms with Crippen LogP contribution >= 0.6 is 15.9 Å². The predicted octanol–water partition coefficient (Wildman–Crippen LogP) is 5.36. The largest absolute Gasteiger partial charge is 0.507 e. The van der Waals surface area contributed by atoms with Gasteiger partial charge in [0.2, 0.25) is 0 Å². The van der Waals surface area contributed by atoms with Gasteiger partial charge >= 0.3 is 0 Å². The third-order valence-electron chi connectivity index (χ3n) is 4.32. The predicted molar refractivity (Wildman–Crippen MR) is 108 cm³/mol. The number of phenolic OH excluding ortho intramolecular Hbond substituents is 1. The Hall–Kier alpha value is -2.11. The summed E-state index contributed by atoms with van der Waals surface area (Å²) in [5.41, 5.74) is 3.15. The second-order valence-electron chi connectivity index (χ2n) is 6.07. The lowest BCUT2D eigenvalue weighted by molar-refractivity contribution is 0.463. The van der Waals surface area contributed by atoms with Crippen molar-refractivity contribution in [1.29, 1.82) is 0 Å². The lowest BCUT2D eigenvalue weighted by Gasteiger charge is -2.10. The third kappa shape index (κ3) is 4.00. The summed E-state index contributed by atoms with van der Waals surface area (Å²) in [5.74, 6) is -0.144. The second-order valence-corrected chi connectivity index (χ2v) is 8.97. The van der Waals surface area contributed by atoms with Gasteiger partial charge in [-0.1, -0.05) is 65.3 Å². The van der Waals surface area contributed by atoms with Crippen LogP contribution in [0.25, 0.3) is 11.1 Å². The number of hydrogen-bond acceptors (Lipinski definition) is 3. The third-order valence-corrected chi connectivity index (χ3v) is 6.53. The average Bonchev–Trinajstić information content (AvgIpc) is 2.64. The maximum Gasteiger partial charge on any atom is 0.182 e. The van der Waals surface area contributed by atoms with Crippen molar-refractivity contribution in [3.05, 3.63) is 82.3 Å². The van der Waals surface area contributed by atoms with Crippen molar-refractivity contribution in [2.24, 2.45) is 0 Å². The maximum absolute atomic E-state index is 12.7. The summed E-state index contributed by atoms with van der Waals surface area (Å²) in [5, 5.41) is 10.2. The van der Waals surface area contributed by atoms with E-state index in [2.05, 4.69) is 15.9 Å². The van der Waals surface area contributed by atoms with Crippen LogP contribution in [-0.2, 0) is 22.0 Å². The molecular formula is C21H19BrO3S. The lowest BCUT2D eigenvalue weighted by Crippen LogP contribution is -2.05. The summed E-state index contributed by atoms with van der Waals surface area (Å²) in [6, 6.07) is 19.9. The molecule has 0 amide bonds. The van der Waals surface area contributed by atoms with Crippen LogP contribution in [0.5, 0.6) is 5.75 Å². The first-order valence-corrected chi connectivity index (χ1v) is 10.7. The van der Waals surface area contributed by atoms with Crippen molar-refractivity contribution in [1.82, 2.24) is 0 Å². The Bertz CT molecular complexity index is 1010. The van der Waals surface area contributed by atoms with E-state index in [1.54, 1.807) is 42.5 Å². The van der Waals surface area contributed by atoms with Crippen LogP contribution < -0.4 is 0 Å². The molecule has 0 saturated carbocycles. The van der Waals surface area contributed by atoms with E-state index >= 15 is 0 Å². The Morgan fingerprint density at radius 2 is 1.38 bits per heavy atom. The molecule has 0 unspecified atom stereocenters. The summed E-state index contributed by atoms with van der Waals surface area (Å²) in [4.78, 5) is 0.250. The quantitative estimate of drug-likeness (QED) is 0.592. The fourth-order valence-corrected chi connectivity index (χ4v) is 4.46. The molecule has 0 heterocycles. The molecule has 0 aliphatic rings. The molecule has 0 atom stereocenters. The molecule has 0 aliphatic carbocycles. The molecule has 0 bridgehead atoms. The molecule has 3 aromatic rings. The molecule has 3 rings (SSSR count). The number of para-hydroxylation sites is 1. The van der Waals surface area contributed by atoms with Gasteiger partial charge in [0.05, 0.1) is 10.6 Å². The highest BCUT2D eigenvalue weighted by atomic mass is 79.9. The van der Waals surface area contributed by atoms with Crippen molar-refractivity contribution in [2.45, 2.75) is 24.0 Å². The minimum absolute atomic E-state index is 0.0741. The number of sulfone groups is 1. The Balaban J connectivity index is 1.87. The van der Waals surface area contributed by atoms with Crippen molar-refractivity contribution in [3.8, 4) is 16.9 Å². The number of benzene rings is 3. The molecule has 0 spiro atoms. The van der Waals surface area contributed by atoms with E-state index in [0.717, 1.165) is 21.2 Å². The van der Waals surface area contributed by atoms with Gasteiger partial charge in [0.1, 0.15) is 5.75 Å². The summed E-state index contributed by atoms with van der Waals surface area (Å²) >= 11 is 3.40. The van der Waals surface area contributed by atoms with E-state index in [9.17, 15) is 13.5 Å². The zero-order valence-electron chi connectivity index (χ0n) is 14.3. The molecule has 0 radical (unpaired) electrons. The summed E-state index contributed by atoms with van der Waals surface area (Å²) in [7, 11) is -3.53. The van der Waals surface area contributed by atoms with E-state index < -0.39 is 9.84 Å². The van der Waals surface area contributed by atoms with Gasteiger partial charge in [-0.2, -0.15) is 0 Å². The van der Waals surface area contributed by atoms with Gasteiger partial charge in [0.25, 0.3) is 0 Å². The standard InChI is InChI=1S/C21H19BrO3S/c1-2-15-4-3-5-18(21(15)23)14-26(24,25)20-12-8-17(9-13-20)16-6-10-19(22)11-7-16/h3-13,23H,2,14H2,1H3. The molecule has 5 heteroatoms. The highest BCUT2D eigenvalue weighted by molar-refractivity contribution is 9.10. The lowest BCUT2D eigenvalue weighted by atomic mass is 10.1. The summed E-state index contributed by atoms with van der Waals surface area (Å²) in [6.07, 6.45) is 0.654. The van der Waals surface area contributed by atoms with Gasteiger partial charge in [-0.25, -0.2) is 8.42 Å². The zero-order valence-corrected chi connectivity index (χ0v) is 16.7. The fourth-order valence-electron chi connectivity index (χ4n) is 2.83. The molecule has 3 aromatic carbocycles. The van der Waals surface area contributed by atoms with E-state index in [1.165, 1.54) is 0 Å². The molecule has 0 fully saturated rings. The number of hydrogen-bond donors (Lipinski definition) is 1. The number of halogens is 1. The SMILES string of the molecule is CCc1cccc(CS(=O)(=O)c2ccc(-c3ccc(Br)cc3)cc2)c1O. The van der Waals surface area contributed by atoms with Gasteiger partial charge in [-0.3, -0.25) is 0 Å². The second kappa shape index (κ2) is 7.64. The smallest absolute Gasteiger partial charge is 0.182 e. The number of rotatable bonds is 5. The van der Waals surface area contributed by atoms with Crippen molar-refractivity contribution >= 4 is 25.8 Å².